The molecule has 4 rings (SSSR count). The van der Waals surface area contributed by atoms with Crippen molar-refractivity contribution in [3.05, 3.63) is 59.7 Å². The van der Waals surface area contributed by atoms with Gasteiger partial charge in [0.05, 0.1) is 12.3 Å². The van der Waals surface area contributed by atoms with Gasteiger partial charge in [-0.3, -0.25) is 9.59 Å². The molecule has 0 saturated carbocycles. The average molecular weight is 379 g/mol. The predicted molar refractivity (Wildman–Crippen MR) is 103 cm³/mol. The van der Waals surface area contributed by atoms with Gasteiger partial charge in [0, 0.05) is 25.8 Å². The van der Waals surface area contributed by atoms with Crippen LogP contribution in [0.5, 0.6) is 11.5 Å². The molecule has 1 N–H and O–H groups in total. The number of nitrogens with zero attached hydrogens (tertiary/aromatic N) is 2. The Hall–Kier alpha value is -3.35. The number of hydrazone groups is 1. The second-order valence-electron chi connectivity index (χ2n) is 6.64. The van der Waals surface area contributed by atoms with Crippen molar-refractivity contribution in [3.8, 4) is 11.5 Å². The smallest absolute Gasteiger partial charge is 0.243 e. The second kappa shape index (κ2) is 8.12. The third-order valence-corrected chi connectivity index (χ3v) is 4.69. The van der Waals surface area contributed by atoms with Gasteiger partial charge in [0.15, 0.2) is 11.5 Å². The van der Waals surface area contributed by atoms with Gasteiger partial charge in [0.2, 0.25) is 18.6 Å². The highest BCUT2D eigenvalue weighted by atomic mass is 16.7. The fourth-order valence-corrected chi connectivity index (χ4v) is 3.16. The summed E-state index contributed by atoms with van der Waals surface area (Å²) in [5.41, 5.74) is 2.85. The van der Waals surface area contributed by atoms with Gasteiger partial charge in [0.25, 0.3) is 0 Å². The lowest BCUT2D eigenvalue weighted by molar-refractivity contribution is -0.133. The van der Waals surface area contributed by atoms with E-state index in [2.05, 4.69) is 10.4 Å². The first kappa shape index (κ1) is 18.0. The maximum atomic E-state index is 12.3. The lowest BCUT2D eigenvalue weighted by atomic mass is 10.1. The number of nitrogens with one attached hydrogen (secondary N) is 1. The number of benzene rings is 2. The number of carbonyl (C=O) groups is 2. The lowest BCUT2D eigenvalue weighted by Crippen LogP contribution is -2.27. The molecule has 2 heterocycles. The van der Waals surface area contributed by atoms with Crippen LogP contribution in [0.3, 0.4) is 0 Å². The van der Waals surface area contributed by atoms with Gasteiger partial charge in [-0.05, 0) is 23.3 Å². The Morgan fingerprint density at radius 1 is 1.04 bits per heavy atom. The van der Waals surface area contributed by atoms with Gasteiger partial charge in [-0.25, -0.2) is 5.01 Å². The van der Waals surface area contributed by atoms with Crippen LogP contribution in [0.1, 0.15) is 30.4 Å². The molecule has 144 valence electrons. The van der Waals surface area contributed by atoms with E-state index in [9.17, 15) is 9.59 Å². The Kier molecular flexibility index (Phi) is 5.23. The molecule has 2 aliphatic heterocycles. The molecule has 2 amide bonds. The highest BCUT2D eigenvalue weighted by Crippen LogP contribution is 2.32. The number of hydrogen-bond donors (Lipinski definition) is 1. The number of fused-ring (bicyclic) bond motifs is 1. The predicted octanol–water partition coefficient (Wildman–Crippen LogP) is 2.45. The molecule has 0 unspecified atom stereocenters. The summed E-state index contributed by atoms with van der Waals surface area (Å²) < 4.78 is 10.6. The van der Waals surface area contributed by atoms with Crippen molar-refractivity contribution in [2.45, 2.75) is 25.8 Å². The fraction of sp³-hybridized carbons (Fsp3) is 0.286. The minimum absolute atomic E-state index is 0.135. The van der Waals surface area contributed by atoms with Crippen molar-refractivity contribution in [1.82, 2.24) is 10.3 Å². The van der Waals surface area contributed by atoms with Crippen LogP contribution in [-0.2, 0) is 16.1 Å². The average Bonchev–Trinajstić information content (AvgIpc) is 3.40. The minimum atomic E-state index is -0.169. The molecule has 28 heavy (non-hydrogen) atoms. The van der Waals surface area contributed by atoms with Crippen molar-refractivity contribution >= 4 is 17.5 Å². The first-order valence-electron chi connectivity index (χ1n) is 9.27. The summed E-state index contributed by atoms with van der Waals surface area (Å²) in [6.07, 6.45) is 1.00. The van der Waals surface area contributed by atoms with E-state index in [1.165, 1.54) is 5.01 Å². The van der Waals surface area contributed by atoms with Crippen LogP contribution >= 0.6 is 0 Å². The first-order chi connectivity index (χ1) is 13.7. The fourth-order valence-electron chi connectivity index (χ4n) is 3.16. The monoisotopic (exact) mass is 379 g/mol. The van der Waals surface area contributed by atoms with E-state index < -0.39 is 0 Å². The van der Waals surface area contributed by atoms with Gasteiger partial charge in [-0.2, -0.15) is 5.10 Å². The van der Waals surface area contributed by atoms with Crippen LogP contribution in [0, 0.1) is 0 Å². The molecule has 0 bridgehead atoms. The van der Waals surface area contributed by atoms with Crippen molar-refractivity contribution in [3.63, 3.8) is 0 Å². The standard InChI is InChI=1S/C21H21N3O4/c25-20(22-13-15-6-7-18-19(12-15)28-14-27-18)8-9-21(26)24-11-10-17(23-24)16-4-2-1-3-5-16/h1-7,12H,8-11,13-14H2,(H,22,25). The van der Waals surface area contributed by atoms with Crippen molar-refractivity contribution < 1.29 is 19.1 Å². The van der Waals surface area contributed by atoms with Crippen LogP contribution in [-0.4, -0.2) is 35.9 Å². The Balaban J connectivity index is 1.23. The van der Waals surface area contributed by atoms with Gasteiger partial charge < -0.3 is 14.8 Å². The molecule has 7 heteroatoms. The summed E-state index contributed by atoms with van der Waals surface area (Å²) in [4.78, 5) is 24.4. The molecule has 0 fully saturated rings. The Morgan fingerprint density at radius 3 is 2.71 bits per heavy atom. The van der Waals surface area contributed by atoms with Crippen molar-refractivity contribution in [2.75, 3.05) is 13.3 Å². The quantitative estimate of drug-likeness (QED) is 0.836. The number of hydrogen-bond acceptors (Lipinski definition) is 5. The van der Waals surface area contributed by atoms with E-state index in [1.807, 2.05) is 48.5 Å². The summed E-state index contributed by atoms with van der Waals surface area (Å²) in [6, 6.07) is 15.4. The second-order valence-corrected chi connectivity index (χ2v) is 6.64. The number of ether oxygens (including phenoxy) is 2. The molecule has 2 aromatic rings. The van der Waals surface area contributed by atoms with Gasteiger partial charge in [-0.15, -0.1) is 0 Å². The molecule has 2 aromatic carbocycles. The van der Waals surface area contributed by atoms with Gasteiger partial charge in [0.1, 0.15) is 0 Å². The zero-order chi connectivity index (χ0) is 19.3. The molecule has 2 aliphatic rings. The van der Waals surface area contributed by atoms with E-state index in [-0.39, 0.29) is 31.4 Å². The van der Waals surface area contributed by atoms with E-state index in [0.717, 1.165) is 23.3 Å². The SMILES string of the molecule is O=C(CCC(=O)N1CCC(c2ccccc2)=N1)NCc1ccc2c(c1)OCO2. The molecule has 0 saturated heterocycles. The Labute approximate surface area is 162 Å². The van der Waals surface area contributed by atoms with E-state index in [4.69, 9.17) is 9.47 Å². The minimum Gasteiger partial charge on any atom is -0.454 e. The Bertz CT molecular complexity index is 911. The van der Waals surface area contributed by atoms with Crippen molar-refractivity contribution in [1.29, 1.82) is 0 Å². The molecule has 7 nitrogen and oxygen atoms in total. The number of rotatable bonds is 6. The van der Waals surface area contributed by atoms with Gasteiger partial charge in [-0.1, -0.05) is 36.4 Å². The molecule has 0 aromatic heterocycles. The van der Waals surface area contributed by atoms with Crippen LogP contribution in [0.25, 0.3) is 0 Å². The van der Waals surface area contributed by atoms with Crippen LogP contribution in [0.15, 0.2) is 53.6 Å². The van der Waals surface area contributed by atoms with Crippen LogP contribution in [0.2, 0.25) is 0 Å². The molecule has 0 radical (unpaired) electrons. The zero-order valence-electron chi connectivity index (χ0n) is 15.4. The zero-order valence-corrected chi connectivity index (χ0v) is 15.4. The number of amides is 2. The maximum Gasteiger partial charge on any atom is 0.243 e. The summed E-state index contributed by atoms with van der Waals surface area (Å²) in [5, 5.41) is 8.70. The summed E-state index contributed by atoms with van der Waals surface area (Å²) in [5.74, 6) is 1.09. The normalized spacial score (nSPS) is 14.7. The van der Waals surface area contributed by atoms with Crippen LogP contribution in [0.4, 0.5) is 0 Å². The highest BCUT2D eigenvalue weighted by molar-refractivity contribution is 6.02. The summed E-state index contributed by atoms with van der Waals surface area (Å²) in [6.45, 7) is 1.16. The van der Waals surface area contributed by atoms with Crippen molar-refractivity contribution in [2.24, 2.45) is 5.10 Å². The van der Waals surface area contributed by atoms with Crippen LogP contribution < -0.4 is 14.8 Å². The third-order valence-electron chi connectivity index (χ3n) is 4.69. The highest BCUT2D eigenvalue weighted by Gasteiger charge is 2.22. The molecular weight excluding hydrogens is 358 g/mol. The van der Waals surface area contributed by atoms with E-state index in [0.29, 0.717) is 24.6 Å². The summed E-state index contributed by atoms with van der Waals surface area (Å²) >= 11 is 0. The van der Waals surface area contributed by atoms with E-state index >= 15 is 0 Å². The maximum absolute atomic E-state index is 12.3. The van der Waals surface area contributed by atoms with E-state index in [1.54, 1.807) is 0 Å². The molecule has 0 atom stereocenters. The Morgan fingerprint density at radius 2 is 1.86 bits per heavy atom. The lowest BCUT2D eigenvalue weighted by Gasteiger charge is -2.11. The molecule has 0 spiro atoms. The molecular formula is C21H21N3O4. The topological polar surface area (TPSA) is 80.2 Å². The summed E-state index contributed by atoms with van der Waals surface area (Å²) in [7, 11) is 0. The molecule has 0 aliphatic carbocycles. The third kappa shape index (κ3) is 4.14. The first-order valence-corrected chi connectivity index (χ1v) is 9.27. The largest absolute Gasteiger partial charge is 0.454 e. The van der Waals surface area contributed by atoms with Gasteiger partial charge >= 0.3 is 0 Å². The number of carbonyl (C=O) groups excluding carboxylic acids is 2.